The standard InChI is InChI=1S/C15H12F3N/c16-15(17,18)13-3-1-2-10(9-13)11-4-5-14-12(8-11)6-7-19-14/h1-5,8-9,19H,6-7H2. The molecule has 0 radical (unpaired) electrons. The highest BCUT2D eigenvalue weighted by molar-refractivity contribution is 5.70. The van der Waals surface area contributed by atoms with E-state index in [0.29, 0.717) is 5.56 Å². The van der Waals surface area contributed by atoms with Crippen molar-refractivity contribution in [1.29, 1.82) is 0 Å². The summed E-state index contributed by atoms with van der Waals surface area (Å²) in [6.07, 6.45) is -3.38. The molecule has 2 aromatic carbocycles. The maximum atomic E-state index is 12.7. The molecule has 1 N–H and O–H groups in total. The highest BCUT2D eigenvalue weighted by atomic mass is 19.4. The number of anilines is 1. The first kappa shape index (κ1) is 12.1. The fourth-order valence-electron chi connectivity index (χ4n) is 2.36. The Morgan fingerprint density at radius 1 is 0.947 bits per heavy atom. The van der Waals surface area contributed by atoms with E-state index < -0.39 is 11.7 Å². The average molecular weight is 263 g/mol. The van der Waals surface area contributed by atoms with Crippen LogP contribution in [-0.2, 0) is 12.6 Å². The molecule has 0 spiro atoms. The Balaban J connectivity index is 2.03. The lowest BCUT2D eigenvalue weighted by atomic mass is 10.00. The van der Waals surface area contributed by atoms with E-state index in [1.165, 1.54) is 12.1 Å². The number of nitrogens with one attached hydrogen (secondary N) is 1. The molecule has 0 atom stereocenters. The molecule has 1 aliphatic rings. The molecular weight excluding hydrogens is 251 g/mol. The number of fused-ring (bicyclic) bond motifs is 1. The molecule has 1 aliphatic heterocycles. The molecule has 0 amide bonds. The molecule has 0 aromatic heterocycles. The Hall–Kier alpha value is -1.97. The van der Waals surface area contributed by atoms with E-state index in [-0.39, 0.29) is 0 Å². The van der Waals surface area contributed by atoms with E-state index in [0.717, 1.165) is 35.8 Å². The van der Waals surface area contributed by atoms with Gasteiger partial charge in [0.25, 0.3) is 0 Å². The zero-order valence-electron chi connectivity index (χ0n) is 10.1. The summed E-state index contributed by atoms with van der Waals surface area (Å²) in [5, 5.41) is 3.23. The highest BCUT2D eigenvalue weighted by Gasteiger charge is 2.30. The molecule has 98 valence electrons. The minimum absolute atomic E-state index is 0.601. The van der Waals surface area contributed by atoms with E-state index in [1.807, 2.05) is 18.2 Å². The highest BCUT2D eigenvalue weighted by Crippen LogP contribution is 2.33. The van der Waals surface area contributed by atoms with Crippen molar-refractivity contribution >= 4 is 5.69 Å². The van der Waals surface area contributed by atoms with Crippen molar-refractivity contribution in [3.8, 4) is 11.1 Å². The minimum Gasteiger partial charge on any atom is -0.384 e. The predicted molar refractivity (Wildman–Crippen MR) is 69.1 cm³/mol. The maximum Gasteiger partial charge on any atom is 0.416 e. The van der Waals surface area contributed by atoms with Crippen LogP contribution >= 0.6 is 0 Å². The molecule has 4 heteroatoms. The number of hydrogen-bond acceptors (Lipinski definition) is 1. The lowest BCUT2D eigenvalue weighted by Crippen LogP contribution is -2.04. The first-order valence-electron chi connectivity index (χ1n) is 6.08. The molecule has 19 heavy (non-hydrogen) atoms. The monoisotopic (exact) mass is 263 g/mol. The molecule has 0 unspecified atom stereocenters. The van der Waals surface area contributed by atoms with Gasteiger partial charge in [-0.15, -0.1) is 0 Å². The van der Waals surface area contributed by atoms with Crippen LogP contribution in [0.5, 0.6) is 0 Å². The first-order valence-corrected chi connectivity index (χ1v) is 6.08. The van der Waals surface area contributed by atoms with Gasteiger partial charge in [0.1, 0.15) is 0 Å². The summed E-state index contributed by atoms with van der Waals surface area (Å²) in [5.74, 6) is 0. The number of alkyl halides is 3. The van der Waals surface area contributed by atoms with Crippen molar-refractivity contribution in [2.75, 3.05) is 11.9 Å². The smallest absolute Gasteiger partial charge is 0.384 e. The van der Waals surface area contributed by atoms with Gasteiger partial charge in [0.15, 0.2) is 0 Å². The second-order valence-electron chi connectivity index (χ2n) is 4.63. The Kier molecular flexibility index (Phi) is 2.73. The number of hydrogen-bond donors (Lipinski definition) is 1. The van der Waals surface area contributed by atoms with E-state index in [9.17, 15) is 13.2 Å². The topological polar surface area (TPSA) is 12.0 Å². The minimum atomic E-state index is -4.30. The summed E-state index contributed by atoms with van der Waals surface area (Å²) in [7, 11) is 0. The van der Waals surface area contributed by atoms with E-state index in [4.69, 9.17) is 0 Å². The third-order valence-electron chi connectivity index (χ3n) is 3.34. The van der Waals surface area contributed by atoms with Crippen LogP contribution < -0.4 is 5.32 Å². The summed E-state index contributed by atoms with van der Waals surface area (Å²) in [4.78, 5) is 0. The van der Waals surface area contributed by atoms with E-state index in [2.05, 4.69) is 5.32 Å². The maximum absolute atomic E-state index is 12.7. The van der Waals surface area contributed by atoms with Gasteiger partial charge in [-0.25, -0.2) is 0 Å². The summed E-state index contributed by atoms with van der Waals surface area (Å²) in [5.41, 5.74) is 3.06. The second-order valence-corrected chi connectivity index (χ2v) is 4.63. The lowest BCUT2D eigenvalue weighted by Gasteiger charge is -2.10. The van der Waals surface area contributed by atoms with Crippen LogP contribution in [0.4, 0.5) is 18.9 Å². The molecule has 2 aromatic rings. The SMILES string of the molecule is FC(F)(F)c1cccc(-c2ccc3c(c2)CCN3)c1. The van der Waals surface area contributed by atoms with Gasteiger partial charge < -0.3 is 5.32 Å². The zero-order chi connectivity index (χ0) is 13.5. The average Bonchev–Trinajstić information content (AvgIpc) is 2.85. The molecule has 0 aliphatic carbocycles. The van der Waals surface area contributed by atoms with Crippen molar-refractivity contribution < 1.29 is 13.2 Å². The summed E-state index contributed by atoms with van der Waals surface area (Å²) in [6, 6.07) is 11.2. The van der Waals surface area contributed by atoms with Crippen molar-refractivity contribution in [2.24, 2.45) is 0 Å². The van der Waals surface area contributed by atoms with Gasteiger partial charge in [-0.1, -0.05) is 18.2 Å². The summed E-state index contributed by atoms with van der Waals surface area (Å²) >= 11 is 0. The fraction of sp³-hybridized carbons (Fsp3) is 0.200. The normalized spacial score (nSPS) is 14.1. The molecule has 0 saturated carbocycles. The van der Waals surface area contributed by atoms with Crippen molar-refractivity contribution in [3.63, 3.8) is 0 Å². The number of halogens is 3. The largest absolute Gasteiger partial charge is 0.416 e. The van der Waals surface area contributed by atoms with Crippen LogP contribution in [0.15, 0.2) is 42.5 Å². The third-order valence-corrected chi connectivity index (χ3v) is 3.34. The van der Waals surface area contributed by atoms with Gasteiger partial charge in [-0.05, 0) is 47.4 Å². The van der Waals surface area contributed by atoms with Crippen molar-refractivity contribution in [3.05, 3.63) is 53.6 Å². The van der Waals surface area contributed by atoms with Gasteiger partial charge in [-0.2, -0.15) is 13.2 Å². The Bertz CT molecular complexity index is 617. The van der Waals surface area contributed by atoms with Crippen LogP contribution in [0, 0.1) is 0 Å². The zero-order valence-corrected chi connectivity index (χ0v) is 10.1. The van der Waals surface area contributed by atoms with Gasteiger partial charge in [0.05, 0.1) is 5.56 Å². The Morgan fingerprint density at radius 3 is 2.53 bits per heavy atom. The molecule has 1 heterocycles. The Morgan fingerprint density at radius 2 is 1.74 bits per heavy atom. The second kappa shape index (κ2) is 4.30. The lowest BCUT2D eigenvalue weighted by molar-refractivity contribution is -0.137. The van der Waals surface area contributed by atoms with E-state index in [1.54, 1.807) is 6.07 Å². The Labute approximate surface area is 109 Å². The van der Waals surface area contributed by atoms with Gasteiger partial charge in [0, 0.05) is 12.2 Å². The van der Waals surface area contributed by atoms with Gasteiger partial charge in [0.2, 0.25) is 0 Å². The van der Waals surface area contributed by atoms with Crippen LogP contribution in [0.25, 0.3) is 11.1 Å². The molecule has 0 saturated heterocycles. The fourth-order valence-corrected chi connectivity index (χ4v) is 2.36. The third kappa shape index (κ3) is 2.30. The van der Waals surface area contributed by atoms with Crippen LogP contribution in [0.1, 0.15) is 11.1 Å². The van der Waals surface area contributed by atoms with E-state index >= 15 is 0 Å². The van der Waals surface area contributed by atoms with Crippen LogP contribution in [0.3, 0.4) is 0 Å². The molecule has 0 fully saturated rings. The first-order chi connectivity index (χ1) is 9.04. The molecular formula is C15H12F3N. The van der Waals surface area contributed by atoms with Gasteiger partial charge in [-0.3, -0.25) is 0 Å². The van der Waals surface area contributed by atoms with Gasteiger partial charge >= 0.3 is 6.18 Å². The van der Waals surface area contributed by atoms with Crippen molar-refractivity contribution in [1.82, 2.24) is 0 Å². The number of rotatable bonds is 1. The predicted octanol–water partition coefficient (Wildman–Crippen LogP) is 4.34. The summed E-state index contributed by atoms with van der Waals surface area (Å²) in [6.45, 7) is 0.890. The van der Waals surface area contributed by atoms with Crippen molar-refractivity contribution in [2.45, 2.75) is 12.6 Å². The molecule has 3 rings (SSSR count). The number of benzene rings is 2. The quantitative estimate of drug-likeness (QED) is 0.807. The summed E-state index contributed by atoms with van der Waals surface area (Å²) < 4.78 is 38.1. The van der Waals surface area contributed by atoms with Crippen LogP contribution in [-0.4, -0.2) is 6.54 Å². The molecule has 1 nitrogen and oxygen atoms in total. The van der Waals surface area contributed by atoms with Crippen LogP contribution in [0.2, 0.25) is 0 Å². The molecule has 0 bridgehead atoms.